The normalized spacial score (nSPS) is 10.3. The molecule has 0 unspecified atom stereocenters. The highest BCUT2D eigenvalue weighted by Crippen LogP contribution is 2.16. The van der Waals surface area contributed by atoms with Crippen molar-refractivity contribution in [2.24, 2.45) is 0 Å². The lowest BCUT2D eigenvalue weighted by atomic mass is 10.2. The number of benzene rings is 1. The summed E-state index contributed by atoms with van der Waals surface area (Å²) in [6.45, 7) is 1.66. The minimum absolute atomic E-state index is 0.166. The molecule has 22 heavy (non-hydrogen) atoms. The van der Waals surface area contributed by atoms with Crippen molar-refractivity contribution in [3.63, 3.8) is 0 Å². The first-order valence-corrected chi connectivity index (χ1v) is 6.69. The van der Waals surface area contributed by atoms with Gasteiger partial charge in [-0.2, -0.15) is 0 Å². The number of methoxy groups -OCH3 is 1. The molecule has 0 aliphatic rings. The third kappa shape index (κ3) is 3.66. The largest absolute Gasteiger partial charge is 0.497 e. The van der Waals surface area contributed by atoms with Crippen molar-refractivity contribution in [1.29, 1.82) is 0 Å². The van der Waals surface area contributed by atoms with Gasteiger partial charge >= 0.3 is 5.97 Å². The third-order valence-electron chi connectivity index (χ3n) is 3.24. The standard InChI is InChI=1S/C16H17NO5/c1-11-16(14(18)7-8-17(11)9-15(19)20)22-10-12-3-5-13(21-2)6-4-12/h3-8H,9-10H2,1-2H3,(H,19,20). The van der Waals surface area contributed by atoms with E-state index in [4.69, 9.17) is 14.6 Å². The summed E-state index contributed by atoms with van der Waals surface area (Å²) in [6, 6.07) is 8.59. The fourth-order valence-electron chi connectivity index (χ4n) is 2.02. The Kier molecular flexibility index (Phi) is 4.83. The molecule has 0 aliphatic heterocycles. The predicted octanol–water partition coefficient (Wildman–Crippen LogP) is 1.83. The molecule has 0 saturated carbocycles. The highest BCUT2D eigenvalue weighted by Gasteiger charge is 2.10. The summed E-state index contributed by atoms with van der Waals surface area (Å²) >= 11 is 0. The minimum Gasteiger partial charge on any atom is -0.497 e. The van der Waals surface area contributed by atoms with E-state index < -0.39 is 5.97 Å². The summed E-state index contributed by atoms with van der Waals surface area (Å²) in [5.41, 5.74) is 1.10. The fourth-order valence-corrected chi connectivity index (χ4v) is 2.02. The Labute approximate surface area is 127 Å². The van der Waals surface area contributed by atoms with Gasteiger partial charge in [-0.25, -0.2) is 0 Å². The number of rotatable bonds is 6. The first kappa shape index (κ1) is 15.6. The Morgan fingerprint density at radius 3 is 2.50 bits per heavy atom. The highest BCUT2D eigenvalue weighted by molar-refractivity contribution is 5.66. The Hall–Kier alpha value is -2.76. The van der Waals surface area contributed by atoms with Crippen molar-refractivity contribution in [1.82, 2.24) is 4.57 Å². The zero-order valence-corrected chi connectivity index (χ0v) is 12.4. The van der Waals surface area contributed by atoms with Gasteiger partial charge in [-0.15, -0.1) is 0 Å². The first-order valence-electron chi connectivity index (χ1n) is 6.69. The number of carbonyl (C=O) groups is 1. The van der Waals surface area contributed by atoms with Crippen LogP contribution in [0, 0.1) is 6.92 Å². The number of hydrogen-bond donors (Lipinski definition) is 1. The maximum absolute atomic E-state index is 11.9. The number of pyridine rings is 1. The Balaban J connectivity index is 2.17. The Bertz CT molecular complexity index is 718. The molecule has 116 valence electrons. The lowest BCUT2D eigenvalue weighted by molar-refractivity contribution is -0.137. The van der Waals surface area contributed by atoms with Crippen LogP contribution in [-0.2, 0) is 17.9 Å². The monoisotopic (exact) mass is 303 g/mol. The van der Waals surface area contributed by atoms with Gasteiger partial charge in [0.2, 0.25) is 5.43 Å². The number of aromatic nitrogens is 1. The average Bonchev–Trinajstić information content (AvgIpc) is 2.50. The number of carboxylic acid groups (broad SMARTS) is 1. The van der Waals surface area contributed by atoms with E-state index in [1.807, 2.05) is 12.1 Å². The molecule has 1 N–H and O–H groups in total. The maximum Gasteiger partial charge on any atom is 0.323 e. The molecule has 0 amide bonds. The van der Waals surface area contributed by atoms with Gasteiger partial charge in [-0.1, -0.05) is 12.1 Å². The van der Waals surface area contributed by atoms with Crippen LogP contribution in [0.5, 0.6) is 11.5 Å². The number of hydrogen-bond acceptors (Lipinski definition) is 4. The van der Waals surface area contributed by atoms with Gasteiger partial charge in [0, 0.05) is 12.3 Å². The van der Waals surface area contributed by atoms with Crippen LogP contribution in [0.25, 0.3) is 0 Å². The van der Waals surface area contributed by atoms with Crippen LogP contribution in [0.1, 0.15) is 11.3 Å². The van der Waals surface area contributed by atoms with Gasteiger partial charge < -0.3 is 19.1 Å². The average molecular weight is 303 g/mol. The molecule has 1 heterocycles. The smallest absolute Gasteiger partial charge is 0.323 e. The lowest BCUT2D eigenvalue weighted by Crippen LogP contribution is -2.18. The molecule has 2 rings (SSSR count). The van der Waals surface area contributed by atoms with E-state index in [2.05, 4.69) is 0 Å². The quantitative estimate of drug-likeness (QED) is 0.881. The number of ether oxygens (including phenoxy) is 2. The summed E-state index contributed by atoms with van der Waals surface area (Å²) in [6.07, 6.45) is 1.45. The summed E-state index contributed by atoms with van der Waals surface area (Å²) in [5.74, 6) is -0.0733. The van der Waals surface area contributed by atoms with Crippen LogP contribution < -0.4 is 14.9 Å². The van der Waals surface area contributed by atoms with Gasteiger partial charge in [-0.3, -0.25) is 9.59 Å². The Morgan fingerprint density at radius 1 is 1.23 bits per heavy atom. The van der Waals surface area contributed by atoms with Crippen molar-refractivity contribution in [3.8, 4) is 11.5 Å². The Morgan fingerprint density at radius 2 is 1.91 bits per heavy atom. The van der Waals surface area contributed by atoms with E-state index in [-0.39, 0.29) is 24.3 Å². The molecule has 6 heteroatoms. The zero-order chi connectivity index (χ0) is 16.1. The maximum atomic E-state index is 11.9. The van der Waals surface area contributed by atoms with E-state index in [1.54, 1.807) is 26.2 Å². The molecule has 0 spiro atoms. The molecule has 0 fully saturated rings. The van der Waals surface area contributed by atoms with E-state index >= 15 is 0 Å². The SMILES string of the molecule is COc1ccc(COc2c(C)n(CC(=O)O)ccc2=O)cc1. The van der Waals surface area contributed by atoms with Gasteiger partial charge in [0.1, 0.15) is 18.9 Å². The van der Waals surface area contributed by atoms with Crippen molar-refractivity contribution in [3.05, 3.63) is 58.0 Å². The molecule has 0 atom stereocenters. The second-order valence-corrected chi connectivity index (χ2v) is 4.75. The van der Waals surface area contributed by atoms with Crippen molar-refractivity contribution < 1.29 is 19.4 Å². The number of carboxylic acids is 1. The topological polar surface area (TPSA) is 77.8 Å². The first-order chi connectivity index (χ1) is 10.5. The fraction of sp³-hybridized carbons (Fsp3) is 0.250. The zero-order valence-electron chi connectivity index (χ0n) is 12.4. The van der Waals surface area contributed by atoms with Crippen LogP contribution in [0.15, 0.2) is 41.3 Å². The van der Waals surface area contributed by atoms with Crippen LogP contribution in [-0.4, -0.2) is 22.8 Å². The van der Waals surface area contributed by atoms with Crippen molar-refractivity contribution in [2.45, 2.75) is 20.1 Å². The summed E-state index contributed by atoms with van der Waals surface area (Å²) in [5, 5.41) is 8.86. The minimum atomic E-state index is -0.979. The van der Waals surface area contributed by atoms with E-state index in [0.29, 0.717) is 5.69 Å². The predicted molar refractivity (Wildman–Crippen MR) is 80.4 cm³/mol. The molecular formula is C16H17NO5. The molecule has 2 aromatic rings. The summed E-state index contributed by atoms with van der Waals surface area (Å²) in [4.78, 5) is 22.7. The molecule has 6 nitrogen and oxygen atoms in total. The van der Waals surface area contributed by atoms with Crippen LogP contribution in [0.3, 0.4) is 0 Å². The molecule has 1 aromatic heterocycles. The van der Waals surface area contributed by atoms with E-state index in [9.17, 15) is 9.59 Å². The lowest BCUT2D eigenvalue weighted by Gasteiger charge is -2.13. The van der Waals surface area contributed by atoms with E-state index in [1.165, 1.54) is 16.8 Å². The highest BCUT2D eigenvalue weighted by atomic mass is 16.5. The molecule has 1 aromatic carbocycles. The van der Waals surface area contributed by atoms with Gasteiger partial charge in [0.05, 0.1) is 12.8 Å². The molecule has 0 radical (unpaired) electrons. The second-order valence-electron chi connectivity index (χ2n) is 4.75. The summed E-state index contributed by atoms with van der Waals surface area (Å²) in [7, 11) is 1.59. The van der Waals surface area contributed by atoms with Crippen LogP contribution in [0.2, 0.25) is 0 Å². The number of aliphatic carboxylic acids is 1. The third-order valence-corrected chi connectivity index (χ3v) is 3.24. The van der Waals surface area contributed by atoms with Crippen LogP contribution in [0.4, 0.5) is 0 Å². The molecule has 0 saturated heterocycles. The van der Waals surface area contributed by atoms with Gasteiger partial charge in [0.15, 0.2) is 5.75 Å². The van der Waals surface area contributed by atoms with Crippen molar-refractivity contribution >= 4 is 5.97 Å². The van der Waals surface area contributed by atoms with E-state index in [0.717, 1.165) is 11.3 Å². The second kappa shape index (κ2) is 6.80. The summed E-state index contributed by atoms with van der Waals surface area (Å²) < 4.78 is 12.1. The van der Waals surface area contributed by atoms with Crippen molar-refractivity contribution in [2.75, 3.05) is 7.11 Å². The van der Waals surface area contributed by atoms with Gasteiger partial charge in [0.25, 0.3) is 0 Å². The molecular weight excluding hydrogens is 286 g/mol. The molecule has 0 aliphatic carbocycles. The number of nitrogens with zero attached hydrogens (tertiary/aromatic N) is 1. The molecule has 0 bridgehead atoms. The van der Waals surface area contributed by atoms with Crippen LogP contribution >= 0.6 is 0 Å². The van der Waals surface area contributed by atoms with Gasteiger partial charge in [-0.05, 0) is 24.6 Å².